The van der Waals surface area contributed by atoms with Crippen LogP contribution >= 0.6 is 12.4 Å². The Morgan fingerprint density at radius 3 is 2.76 bits per heavy atom. The predicted octanol–water partition coefficient (Wildman–Crippen LogP) is 4.50. The normalized spacial score (nSPS) is 17.7. The molecule has 1 amide bonds. The molecule has 176 valence electrons. The Morgan fingerprint density at radius 2 is 2.06 bits per heavy atom. The number of furan rings is 1. The van der Waals surface area contributed by atoms with Crippen LogP contribution in [0.1, 0.15) is 40.7 Å². The molecule has 1 unspecified atom stereocenters. The highest BCUT2D eigenvalue weighted by molar-refractivity contribution is 5.95. The van der Waals surface area contributed by atoms with Crippen LogP contribution in [-0.4, -0.2) is 43.2 Å². The van der Waals surface area contributed by atoms with Gasteiger partial charge in [0.1, 0.15) is 6.61 Å². The number of nitrogens with two attached hydrogens (primary N) is 1. The van der Waals surface area contributed by atoms with Crippen molar-refractivity contribution in [3.8, 4) is 11.5 Å². The van der Waals surface area contributed by atoms with E-state index >= 15 is 0 Å². The van der Waals surface area contributed by atoms with E-state index in [1.165, 1.54) is 18.6 Å². The van der Waals surface area contributed by atoms with Gasteiger partial charge in [0.2, 0.25) is 5.91 Å². The van der Waals surface area contributed by atoms with Crippen molar-refractivity contribution in [3.05, 3.63) is 59.1 Å². The summed E-state index contributed by atoms with van der Waals surface area (Å²) in [4.78, 5) is 14.4. The van der Waals surface area contributed by atoms with Crippen molar-refractivity contribution < 1.29 is 23.1 Å². The molecule has 2 aliphatic rings. The highest BCUT2D eigenvalue weighted by atomic mass is 35.5. The van der Waals surface area contributed by atoms with Gasteiger partial charge in [-0.05, 0) is 49.4 Å². The van der Waals surface area contributed by atoms with E-state index in [0.29, 0.717) is 30.2 Å². The molecule has 2 N–H and O–H groups in total. The summed E-state index contributed by atoms with van der Waals surface area (Å²) < 4.78 is 31.3. The molecule has 1 aliphatic heterocycles. The Bertz CT molecular complexity index is 1160. The minimum atomic E-state index is -0.556. The lowest BCUT2D eigenvalue weighted by Crippen LogP contribution is -2.52. The third-order valence-electron chi connectivity index (χ3n) is 6.85. The lowest BCUT2D eigenvalue weighted by atomic mass is 9.87. The minimum Gasteiger partial charge on any atom is -0.493 e. The van der Waals surface area contributed by atoms with Gasteiger partial charge < -0.3 is 19.6 Å². The molecule has 0 saturated heterocycles. The Labute approximate surface area is 198 Å². The quantitative estimate of drug-likeness (QED) is 0.545. The summed E-state index contributed by atoms with van der Waals surface area (Å²) in [5.41, 5.74) is 8.36. The summed E-state index contributed by atoms with van der Waals surface area (Å²) in [6.45, 7) is 1.21. The van der Waals surface area contributed by atoms with Crippen molar-refractivity contribution >= 4 is 29.3 Å². The van der Waals surface area contributed by atoms with Gasteiger partial charge in [-0.2, -0.15) is 0 Å². The summed E-state index contributed by atoms with van der Waals surface area (Å²) in [6, 6.07) is 9.14. The van der Waals surface area contributed by atoms with E-state index in [4.69, 9.17) is 19.6 Å². The number of amides is 1. The maximum atomic E-state index is 14.3. The Morgan fingerprint density at radius 1 is 1.24 bits per heavy atom. The molecule has 6 nitrogen and oxygen atoms in total. The summed E-state index contributed by atoms with van der Waals surface area (Å²) in [5, 5.41) is 1.06. The number of hydrogen-bond donors (Lipinski definition) is 1. The standard InChI is InChI=1S/C25H27FN2O4.ClH/c1-30-22-7-3-6-18-15(13-31-24(18)22)10-11-28(16-4-2-5-16)17-12-20-19(25(27)29)8-9-21(26)23(20)32-14-17;/h3,6-9,13,16-17H,2,4-5,10-12,14H2,1H3,(H2,27,29);1H. The first kappa shape index (κ1) is 23.4. The second-order valence-corrected chi connectivity index (χ2v) is 8.61. The van der Waals surface area contributed by atoms with E-state index < -0.39 is 11.7 Å². The molecule has 2 heterocycles. The molecule has 2 aromatic carbocycles. The zero-order chi connectivity index (χ0) is 22.2. The fourth-order valence-corrected chi connectivity index (χ4v) is 4.95. The van der Waals surface area contributed by atoms with Gasteiger partial charge in [0.15, 0.2) is 22.9 Å². The maximum Gasteiger partial charge on any atom is 0.249 e. The average Bonchev–Trinajstić information content (AvgIpc) is 3.18. The van der Waals surface area contributed by atoms with Gasteiger partial charge in [-0.25, -0.2) is 4.39 Å². The number of benzene rings is 2. The highest BCUT2D eigenvalue weighted by Crippen LogP contribution is 2.36. The van der Waals surface area contributed by atoms with Crippen LogP contribution in [0.4, 0.5) is 4.39 Å². The smallest absolute Gasteiger partial charge is 0.249 e. The summed E-state index contributed by atoms with van der Waals surface area (Å²) in [5.74, 6) is -0.112. The molecule has 1 atom stereocenters. The molecule has 1 aliphatic carbocycles. The fraction of sp³-hybridized carbons (Fsp3) is 0.400. The molecule has 1 saturated carbocycles. The number of ether oxygens (including phenoxy) is 2. The van der Waals surface area contributed by atoms with Crippen LogP contribution in [0.3, 0.4) is 0 Å². The lowest BCUT2D eigenvalue weighted by molar-refractivity contribution is 0.0440. The van der Waals surface area contributed by atoms with Crippen LogP contribution < -0.4 is 15.2 Å². The van der Waals surface area contributed by atoms with Gasteiger partial charge in [0.05, 0.1) is 13.4 Å². The van der Waals surface area contributed by atoms with Crippen molar-refractivity contribution in [2.45, 2.75) is 44.2 Å². The molecule has 0 bridgehead atoms. The largest absolute Gasteiger partial charge is 0.493 e. The first-order chi connectivity index (χ1) is 15.6. The van der Waals surface area contributed by atoms with Crippen LogP contribution in [-0.2, 0) is 12.8 Å². The number of hydrogen-bond acceptors (Lipinski definition) is 5. The molecule has 0 spiro atoms. The van der Waals surface area contributed by atoms with Crippen LogP contribution in [0.25, 0.3) is 11.0 Å². The summed E-state index contributed by atoms with van der Waals surface area (Å²) in [7, 11) is 1.64. The Hall–Kier alpha value is -2.77. The van der Waals surface area contributed by atoms with E-state index in [1.807, 2.05) is 18.2 Å². The predicted molar refractivity (Wildman–Crippen MR) is 126 cm³/mol. The second kappa shape index (κ2) is 9.61. The fourth-order valence-electron chi connectivity index (χ4n) is 4.95. The number of carbonyl (C=O) groups excluding carboxylic acids is 1. The molecule has 33 heavy (non-hydrogen) atoms. The third kappa shape index (κ3) is 4.27. The second-order valence-electron chi connectivity index (χ2n) is 8.61. The molecule has 5 rings (SSSR count). The monoisotopic (exact) mass is 474 g/mol. The first-order valence-electron chi connectivity index (χ1n) is 11.1. The first-order valence-corrected chi connectivity index (χ1v) is 11.1. The molecule has 1 fully saturated rings. The van der Waals surface area contributed by atoms with Crippen LogP contribution in [0.5, 0.6) is 11.5 Å². The summed E-state index contributed by atoms with van der Waals surface area (Å²) in [6.07, 6.45) is 6.63. The third-order valence-corrected chi connectivity index (χ3v) is 6.85. The molecule has 1 aromatic heterocycles. The van der Waals surface area contributed by atoms with Crippen molar-refractivity contribution in [2.24, 2.45) is 5.73 Å². The van der Waals surface area contributed by atoms with Crippen molar-refractivity contribution in [1.82, 2.24) is 4.90 Å². The van der Waals surface area contributed by atoms with Gasteiger partial charge >= 0.3 is 0 Å². The molecule has 8 heteroatoms. The van der Waals surface area contributed by atoms with Gasteiger partial charge in [0, 0.05) is 35.1 Å². The van der Waals surface area contributed by atoms with Crippen LogP contribution in [0.15, 0.2) is 41.0 Å². The van der Waals surface area contributed by atoms with E-state index in [-0.39, 0.29) is 24.2 Å². The van der Waals surface area contributed by atoms with Gasteiger partial charge in [-0.3, -0.25) is 9.69 Å². The number of fused-ring (bicyclic) bond motifs is 2. The number of rotatable bonds is 7. The summed E-state index contributed by atoms with van der Waals surface area (Å²) >= 11 is 0. The molecule has 0 radical (unpaired) electrons. The molecular formula is C25H28ClFN2O4. The van der Waals surface area contributed by atoms with Crippen molar-refractivity contribution in [1.29, 1.82) is 0 Å². The Kier molecular flexibility index (Phi) is 6.81. The van der Waals surface area contributed by atoms with Gasteiger partial charge in [-0.1, -0.05) is 18.6 Å². The van der Waals surface area contributed by atoms with E-state index in [0.717, 1.165) is 48.1 Å². The van der Waals surface area contributed by atoms with Crippen LogP contribution in [0, 0.1) is 5.82 Å². The van der Waals surface area contributed by atoms with E-state index in [9.17, 15) is 9.18 Å². The number of carbonyl (C=O) groups is 1. The minimum absolute atomic E-state index is 0. The van der Waals surface area contributed by atoms with Crippen molar-refractivity contribution in [2.75, 3.05) is 20.3 Å². The maximum absolute atomic E-state index is 14.3. The number of nitrogens with zero attached hydrogens (tertiary/aromatic N) is 1. The number of primary amides is 1. The lowest BCUT2D eigenvalue weighted by Gasteiger charge is -2.44. The van der Waals surface area contributed by atoms with Crippen LogP contribution in [0.2, 0.25) is 0 Å². The molecular weight excluding hydrogens is 447 g/mol. The highest BCUT2D eigenvalue weighted by Gasteiger charge is 2.35. The van der Waals surface area contributed by atoms with Gasteiger partial charge in [-0.15, -0.1) is 12.4 Å². The number of para-hydroxylation sites is 1. The number of halogens is 2. The van der Waals surface area contributed by atoms with Crippen molar-refractivity contribution in [3.63, 3.8) is 0 Å². The zero-order valence-corrected chi connectivity index (χ0v) is 19.3. The SMILES string of the molecule is COc1cccc2c(CCN(C3CCC3)C3COc4c(F)ccc(C(N)=O)c4C3)coc12.Cl. The number of methoxy groups -OCH3 is 1. The average molecular weight is 475 g/mol. The molecule has 3 aromatic rings. The Balaban J connectivity index is 0.00000259. The zero-order valence-electron chi connectivity index (χ0n) is 18.5. The van der Waals surface area contributed by atoms with E-state index in [2.05, 4.69) is 4.90 Å². The van der Waals surface area contributed by atoms with Gasteiger partial charge in [0.25, 0.3) is 0 Å². The topological polar surface area (TPSA) is 77.9 Å². The van der Waals surface area contributed by atoms with E-state index in [1.54, 1.807) is 13.4 Å².